The van der Waals surface area contributed by atoms with Crippen LogP contribution in [0.25, 0.3) is 16.0 Å². The molecule has 2 aromatic rings. The van der Waals surface area contributed by atoms with Crippen LogP contribution < -0.4 is 0 Å². The normalized spacial score (nSPS) is 11.0. The third-order valence-electron chi connectivity index (χ3n) is 3.31. The van der Waals surface area contributed by atoms with Gasteiger partial charge in [-0.05, 0) is 41.8 Å². The number of hydrogen-bond donors (Lipinski definition) is 0. The fourth-order valence-electron chi connectivity index (χ4n) is 2.24. The fraction of sp³-hybridized carbons (Fsp3) is 0.222. The molecule has 0 radical (unpaired) electrons. The van der Waals surface area contributed by atoms with Crippen LogP contribution in [0, 0.1) is 6.57 Å². The van der Waals surface area contributed by atoms with Gasteiger partial charge in [0, 0.05) is 0 Å². The monoisotopic (exact) mass is 333 g/mol. The van der Waals surface area contributed by atoms with Crippen molar-refractivity contribution in [1.29, 1.82) is 0 Å². The maximum atomic E-state index is 12.6. The molecule has 0 atom stereocenters. The molecular formula is C18H14F3NO2. The van der Waals surface area contributed by atoms with Gasteiger partial charge in [-0.15, -0.1) is 0 Å². The molecule has 0 fully saturated rings. The number of esters is 1. The Labute approximate surface area is 137 Å². The molecule has 0 aliphatic heterocycles. The van der Waals surface area contributed by atoms with E-state index >= 15 is 0 Å². The van der Waals surface area contributed by atoms with E-state index in [-0.39, 0.29) is 13.0 Å². The molecule has 0 aliphatic carbocycles. The molecule has 0 N–H and O–H groups in total. The Morgan fingerprint density at radius 3 is 2.33 bits per heavy atom. The van der Waals surface area contributed by atoms with Crippen molar-refractivity contribution < 1.29 is 22.7 Å². The van der Waals surface area contributed by atoms with Crippen LogP contribution in [0.3, 0.4) is 0 Å². The molecule has 2 aromatic carbocycles. The molecule has 0 saturated carbocycles. The van der Waals surface area contributed by atoms with Crippen LogP contribution in [0.5, 0.6) is 0 Å². The summed E-state index contributed by atoms with van der Waals surface area (Å²) >= 11 is 0. The summed E-state index contributed by atoms with van der Waals surface area (Å²) in [6.07, 6.45) is -4.39. The number of nitrogens with zero attached hydrogens (tertiary/aromatic N) is 1. The first-order valence-electron chi connectivity index (χ1n) is 7.18. The second kappa shape index (κ2) is 7.18. The Kier molecular flexibility index (Phi) is 5.24. The quantitative estimate of drug-likeness (QED) is 0.580. The zero-order chi connectivity index (χ0) is 17.7. The zero-order valence-corrected chi connectivity index (χ0v) is 12.9. The highest BCUT2D eigenvalue weighted by atomic mass is 19.4. The SMILES string of the molecule is [C-]#[N+]c1cc(CC(=O)OCC)cc(-c2ccc(C(F)(F)F)cc2)c1. The molecule has 0 bridgehead atoms. The van der Waals surface area contributed by atoms with Gasteiger partial charge in [-0.3, -0.25) is 4.79 Å². The van der Waals surface area contributed by atoms with Gasteiger partial charge in [-0.2, -0.15) is 13.2 Å². The minimum atomic E-state index is -4.40. The van der Waals surface area contributed by atoms with E-state index < -0.39 is 17.7 Å². The molecular weight excluding hydrogens is 319 g/mol. The van der Waals surface area contributed by atoms with Gasteiger partial charge in [0.15, 0.2) is 5.69 Å². The maximum Gasteiger partial charge on any atom is 0.416 e. The zero-order valence-electron chi connectivity index (χ0n) is 12.9. The summed E-state index contributed by atoms with van der Waals surface area (Å²) in [6, 6.07) is 9.49. The lowest BCUT2D eigenvalue weighted by Crippen LogP contribution is -2.07. The summed E-state index contributed by atoms with van der Waals surface area (Å²) in [6.45, 7) is 9.09. The van der Waals surface area contributed by atoms with E-state index in [4.69, 9.17) is 11.3 Å². The van der Waals surface area contributed by atoms with Gasteiger partial charge in [0.05, 0.1) is 25.2 Å². The Balaban J connectivity index is 2.36. The first-order valence-corrected chi connectivity index (χ1v) is 7.18. The molecule has 2 rings (SSSR count). The molecule has 24 heavy (non-hydrogen) atoms. The molecule has 0 aliphatic rings. The number of benzene rings is 2. The number of halogens is 3. The third kappa shape index (κ3) is 4.35. The lowest BCUT2D eigenvalue weighted by Gasteiger charge is -2.10. The van der Waals surface area contributed by atoms with Crippen molar-refractivity contribution in [3.63, 3.8) is 0 Å². The highest BCUT2D eigenvalue weighted by molar-refractivity contribution is 5.76. The van der Waals surface area contributed by atoms with E-state index in [0.29, 0.717) is 22.4 Å². The first kappa shape index (κ1) is 17.5. The highest BCUT2D eigenvalue weighted by Gasteiger charge is 2.29. The van der Waals surface area contributed by atoms with E-state index in [1.165, 1.54) is 12.1 Å². The molecule has 124 valence electrons. The van der Waals surface area contributed by atoms with Crippen LogP contribution in [-0.2, 0) is 22.1 Å². The van der Waals surface area contributed by atoms with Crippen molar-refractivity contribution in [1.82, 2.24) is 0 Å². The summed E-state index contributed by atoms with van der Waals surface area (Å²) in [5.41, 5.74) is 1.28. The van der Waals surface area contributed by atoms with E-state index in [2.05, 4.69) is 4.85 Å². The van der Waals surface area contributed by atoms with Gasteiger partial charge < -0.3 is 4.74 Å². The average molecular weight is 333 g/mol. The number of alkyl halides is 3. The largest absolute Gasteiger partial charge is 0.466 e. The van der Waals surface area contributed by atoms with Crippen molar-refractivity contribution in [3.05, 3.63) is 65.0 Å². The molecule has 0 heterocycles. The first-order chi connectivity index (χ1) is 11.3. The fourth-order valence-corrected chi connectivity index (χ4v) is 2.24. The lowest BCUT2D eigenvalue weighted by molar-refractivity contribution is -0.142. The summed E-state index contributed by atoms with van der Waals surface area (Å²) in [7, 11) is 0. The van der Waals surface area contributed by atoms with Gasteiger partial charge >= 0.3 is 12.1 Å². The third-order valence-corrected chi connectivity index (χ3v) is 3.31. The number of hydrogen-bond acceptors (Lipinski definition) is 2. The number of carbonyl (C=O) groups excluding carboxylic acids is 1. The van der Waals surface area contributed by atoms with Crippen LogP contribution in [0.2, 0.25) is 0 Å². The Morgan fingerprint density at radius 2 is 1.79 bits per heavy atom. The van der Waals surface area contributed by atoms with Crippen molar-refractivity contribution in [2.24, 2.45) is 0 Å². The Hall–Kier alpha value is -2.81. The van der Waals surface area contributed by atoms with Crippen LogP contribution in [-0.4, -0.2) is 12.6 Å². The predicted molar refractivity (Wildman–Crippen MR) is 83.5 cm³/mol. The molecule has 0 unspecified atom stereocenters. The number of rotatable bonds is 4. The second-order valence-electron chi connectivity index (χ2n) is 5.06. The van der Waals surface area contributed by atoms with Crippen LogP contribution >= 0.6 is 0 Å². The maximum absolute atomic E-state index is 12.6. The number of ether oxygens (including phenoxy) is 1. The van der Waals surface area contributed by atoms with Gasteiger partial charge in [0.25, 0.3) is 0 Å². The molecule has 0 aromatic heterocycles. The minimum Gasteiger partial charge on any atom is -0.466 e. The molecule has 0 spiro atoms. The molecule has 0 amide bonds. The summed E-state index contributed by atoms with van der Waals surface area (Å²) in [5, 5.41) is 0. The lowest BCUT2D eigenvalue weighted by atomic mass is 9.99. The second-order valence-corrected chi connectivity index (χ2v) is 5.06. The summed E-state index contributed by atoms with van der Waals surface area (Å²) < 4.78 is 42.8. The standard InChI is InChI=1S/C18H14F3NO2/c1-3-24-17(23)10-12-8-14(11-16(9-12)22-2)13-4-6-15(7-5-13)18(19,20)21/h4-9,11H,3,10H2,1H3. The van der Waals surface area contributed by atoms with Gasteiger partial charge in [0.1, 0.15) is 0 Å². The van der Waals surface area contributed by atoms with Crippen molar-refractivity contribution in [2.75, 3.05) is 6.61 Å². The van der Waals surface area contributed by atoms with Gasteiger partial charge in [-0.1, -0.05) is 24.3 Å². The van der Waals surface area contributed by atoms with Crippen molar-refractivity contribution in [2.45, 2.75) is 19.5 Å². The van der Waals surface area contributed by atoms with Crippen LogP contribution in [0.1, 0.15) is 18.1 Å². The van der Waals surface area contributed by atoms with Crippen LogP contribution in [0.15, 0.2) is 42.5 Å². The predicted octanol–water partition coefficient (Wildman–Crippen LogP) is 5.03. The summed E-state index contributed by atoms with van der Waals surface area (Å²) in [5.74, 6) is -0.419. The van der Waals surface area contributed by atoms with E-state index in [0.717, 1.165) is 12.1 Å². The number of carbonyl (C=O) groups is 1. The van der Waals surface area contributed by atoms with Crippen molar-refractivity contribution in [3.8, 4) is 11.1 Å². The van der Waals surface area contributed by atoms with Crippen molar-refractivity contribution >= 4 is 11.7 Å². The molecule has 3 nitrogen and oxygen atoms in total. The average Bonchev–Trinajstić information content (AvgIpc) is 2.54. The Bertz CT molecular complexity index is 774. The van der Waals surface area contributed by atoms with Crippen LogP contribution in [0.4, 0.5) is 18.9 Å². The van der Waals surface area contributed by atoms with Gasteiger partial charge in [0.2, 0.25) is 0 Å². The molecule has 6 heteroatoms. The summed E-state index contributed by atoms with van der Waals surface area (Å²) in [4.78, 5) is 14.9. The van der Waals surface area contributed by atoms with Gasteiger partial charge in [-0.25, -0.2) is 4.85 Å². The highest BCUT2D eigenvalue weighted by Crippen LogP contribution is 2.32. The topological polar surface area (TPSA) is 30.7 Å². The molecule has 0 saturated heterocycles. The van der Waals surface area contributed by atoms with E-state index in [1.54, 1.807) is 25.1 Å². The van der Waals surface area contributed by atoms with E-state index in [1.807, 2.05) is 0 Å². The van der Waals surface area contributed by atoms with E-state index in [9.17, 15) is 18.0 Å². The minimum absolute atomic E-state index is 0.00480. The smallest absolute Gasteiger partial charge is 0.416 e. The Morgan fingerprint density at radius 1 is 1.12 bits per heavy atom.